The van der Waals surface area contributed by atoms with Gasteiger partial charge in [-0.05, 0) is 38.5 Å². The molecule has 1 aromatic carbocycles. The lowest BCUT2D eigenvalue weighted by atomic mass is 10.1. The van der Waals surface area contributed by atoms with Crippen molar-refractivity contribution >= 4 is 33.2 Å². The van der Waals surface area contributed by atoms with Crippen LogP contribution in [0, 0.1) is 0 Å². The highest BCUT2D eigenvalue weighted by atomic mass is 32.2. The molecule has 1 aliphatic rings. The Morgan fingerprint density at radius 1 is 1.21 bits per heavy atom. The molecule has 0 aromatic heterocycles. The van der Waals surface area contributed by atoms with E-state index in [1.807, 2.05) is 13.8 Å². The van der Waals surface area contributed by atoms with Gasteiger partial charge in [0.2, 0.25) is 15.9 Å². The van der Waals surface area contributed by atoms with Crippen molar-refractivity contribution in [3.8, 4) is 0 Å². The van der Waals surface area contributed by atoms with Crippen LogP contribution in [0.4, 0.5) is 11.4 Å². The first kappa shape index (κ1) is 23.1. The number of hydrogen-bond acceptors (Lipinski definition) is 6. The Morgan fingerprint density at radius 2 is 1.86 bits per heavy atom. The molecule has 0 saturated carbocycles. The Balaban J connectivity index is 1.99. The SMILES string of the molecule is CC(=O)Nc1ccc(NS(C)(=O)=O)c(C(=O)NCCCN2CC(C)OC(C)C2)c1. The third-order valence-electron chi connectivity index (χ3n) is 4.31. The molecule has 0 radical (unpaired) electrons. The Kier molecular flexibility index (Phi) is 8.00. The molecule has 1 heterocycles. The van der Waals surface area contributed by atoms with Gasteiger partial charge in [-0.1, -0.05) is 0 Å². The van der Waals surface area contributed by atoms with Crippen LogP contribution in [0.1, 0.15) is 37.6 Å². The second kappa shape index (κ2) is 10.0. The number of rotatable bonds is 8. The number of amides is 2. The molecule has 10 heteroatoms. The average molecular weight is 427 g/mol. The van der Waals surface area contributed by atoms with Gasteiger partial charge in [-0.15, -0.1) is 0 Å². The number of morpholine rings is 1. The van der Waals surface area contributed by atoms with Gasteiger partial charge in [0.05, 0.1) is 29.7 Å². The summed E-state index contributed by atoms with van der Waals surface area (Å²) < 4.78 is 31.2. The highest BCUT2D eigenvalue weighted by molar-refractivity contribution is 7.92. The van der Waals surface area contributed by atoms with Crippen molar-refractivity contribution < 1.29 is 22.7 Å². The molecule has 1 aromatic rings. The second-order valence-corrected chi connectivity index (χ2v) is 9.19. The van der Waals surface area contributed by atoms with Crippen molar-refractivity contribution in [3.05, 3.63) is 23.8 Å². The smallest absolute Gasteiger partial charge is 0.253 e. The van der Waals surface area contributed by atoms with Crippen LogP contribution in [0.2, 0.25) is 0 Å². The largest absolute Gasteiger partial charge is 0.373 e. The van der Waals surface area contributed by atoms with Gasteiger partial charge in [-0.2, -0.15) is 0 Å². The van der Waals surface area contributed by atoms with Crippen LogP contribution >= 0.6 is 0 Å². The molecular weight excluding hydrogens is 396 g/mol. The maximum Gasteiger partial charge on any atom is 0.253 e. The maximum atomic E-state index is 12.7. The lowest BCUT2D eigenvalue weighted by Crippen LogP contribution is -2.46. The third kappa shape index (κ3) is 8.00. The Morgan fingerprint density at radius 3 is 2.45 bits per heavy atom. The van der Waals surface area contributed by atoms with Crippen molar-refractivity contribution in [1.82, 2.24) is 10.2 Å². The van der Waals surface area contributed by atoms with E-state index in [4.69, 9.17) is 4.74 Å². The minimum atomic E-state index is -3.56. The Bertz CT molecular complexity index is 833. The van der Waals surface area contributed by atoms with E-state index in [2.05, 4.69) is 20.3 Å². The van der Waals surface area contributed by atoms with Gasteiger partial charge in [0.15, 0.2) is 0 Å². The maximum absolute atomic E-state index is 12.7. The van der Waals surface area contributed by atoms with Gasteiger partial charge in [-0.25, -0.2) is 8.42 Å². The van der Waals surface area contributed by atoms with E-state index in [9.17, 15) is 18.0 Å². The molecule has 1 aliphatic heterocycles. The van der Waals surface area contributed by atoms with Crippen LogP contribution in [-0.4, -0.2) is 69.8 Å². The summed E-state index contributed by atoms with van der Waals surface area (Å²) >= 11 is 0. The van der Waals surface area contributed by atoms with E-state index in [0.29, 0.717) is 12.2 Å². The van der Waals surface area contributed by atoms with Gasteiger partial charge in [0.1, 0.15) is 0 Å². The second-order valence-electron chi connectivity index (χ2n) is 7.44. The van der Waals surface area contributed by atoms with Crippen molar-refractivity contribution in [3.63, 3.8) is 0 Å². The fraction of sp³-hybridized carbons (Fsp3) is 0.579. The number of nitrogens with zero attached hydrogens (tertiary/aromatic N) is 1. The number of carbonyl (C=O) groups excluding carboxylic acids is 2. The van der Waals surface area contributed by atoms with Gasteiger partial charge < -0.3 is 15.4 Å². The molecule has 0 bridgehead atoms. The summed E-state index contributed by atoms with van der Waals surface area (Å²) in [4.78, 5) is 26.2. The molecule has 29 heavy (non-hydrogen) atoms. The minimum Gasteiger partial charge on any atom is -0.373 e. The number of hydrogen-bond donors (Lipinski definition) is 3. The van der Waals surface area contributed by atoms with Crippen molar-refractivity contribution in [1.29, 1.82) is 0 Å². The van der Waals surface area contributed by atoms with Gasteiger partial charge >= 0.3 is 0 Å². The lowest BCUT2D eigenvalue weighted by Gasteiger charge is -2.35. The van der Waals surface area contributed by atoms with Crippen LogP contribution in [0.5, 0.6) is 0 Å². The summed E-state index contributed by atoms with van der Waals surface area (Å²) in [7, 11) is -3.56. The molecule has 1 saturated heterocycles. The Hall–Kier alpha value is -2.17. The average Bonchev–Trinajstić information content (AvgIpc) is 2.57. The number of nitrogens with one attached hydrogen (secondary N) is 3. The molecule has 9 nitrogen and oxygen atoms in total. The summed E-state index contributed by atoms with van der Waals surface area (Å²) in [5.74, 6) is -0.693. The van der Waals surface area contributed by atoms with Crippen LogP contribution < -0.4 is 15.4 Å². The topological polar surface area (TPSA) is 117 Å². The third-order valence-corrected chi connectivity index (χ3v) is 4.90. The van der Waals surface area contributed by atoms with Crippen LogP contribution in [0.25, 0.3) is 0 Å². The van der Waals surface area contributed by atoms with Crippen molar-refractivity contribution in [2.75, 3.05) is 42.5 Å². The predicted octanol–water partition coefficient (Wildman–Crippen LogP) is 1.25. The normalized spacial score (nSPS) is 20.1. The standard InChI is InChI=1S/C19H30N4O5S/c1-13-11-23(12-14(2)28-13)9-5-8-20-19(25)17-10-16(21-15(3)24)6-7-18(17)22-29(4,26)27/h6-7,10,13-14,22H,5,8-9,11-12H2,1-4H3,(H,20,25)(H,21,24). The highest BCUT2D eigenvalue weighted by Crippen LogP contribution is 2.22. The summed E-state index contributed by atoms with van der Waals surface area (Å²) in [5.41, 5.74) is 0.725. The lowest BCUT2D eigenvalue weighted by molar-refractivity contribution is -0.114. The molecule has 2 rings (SSSR count). The molecule has 0 aliphatic carbocycles. The van der Waals surface area contributed by atoms with Gasteiger partial charge in [0, 0.05) is 38.8 Å². The first-order chi connectivity index (χ1) is 13.5. The predicted molar refractivity (Wildman–Crippen MR) is 113 cm³/mol. The zero-order valence-electron chi connectivity index (χ0n) is 17.3. The van der Waals surface area contributed by atoms with Crippen molar-refractivity contribution in [2.24, 2.45) is 0 Å². The number of sulfonamides is 1. The molecule has 3 N–H and O–H groups in total. The fourth-order valence-electron chi connectivity index (χ4n) is 3.37. The van der Waals surface area contributed by atoms with E-state index in [1.165, 1.54) is 25.1 Å². The van der Waals surface area contributed by atoms with E-state index >= 15 is 0 Å². The molecule has 1 fully saturated rings. The number of ether oxygens (including phenoxy) is 1. The minimum absolute atomic E-state index is 0.148. The van der Waals surface area contributed by atoms with Gasteiger partial charge in [-0.3, -0.25) is 19.2 Å². The first-order valence-electron chi connectivity index (χ1n) is 9.59. The van der Waals surface area contributed by atoms with Gasteiger partial charge in [0.25, 0.3) is 5.91 Å². The molecular formula is C19H30N4O5S. The first-order valence-corrected chi connectivity index (χ1v) is 11.5. The van der Waals surface area contributed by atoms with Crippen molar-refractivity contribution in [2.45, 2.75) is 39.4 Å². The van der Waals surface area contributed by atoms with E-state index in [1.54, 1.807) is 0 Å². The molecule has 2 amide bonds. The zero-order chi connectivity index (χ0) is 21.6. The zero-order valence-corrected chi connectivity index (χ0v) is 18.1. The number of benzene rings is 1. The molecule has 2 atom stereocenters. The van der Waals surface area contributed by atoms with Crippen LogP contribution in [0.3, 0.4) is 0 Å². The summed E-state index contributed by atoms with van der Waals surface area (Å²) in [6.45, 7) is 8.45. The number of anilines is 2. The summed E-state index contributed by atoms with van der Waals surface area (Å²) in [6.07, 6.45) is 2.15. The highest BCUT2D eigenvalue weighted by Gasteiger charge is 2.21. The van der Waals surface area contributed by atoms with E-state index < -0.39 is 15.9 Å². The molecule has 2 unspecified atom stereocenters. The Labute approximate surface area is 172 Å². The fourth-order valence-corrected chi connectivity index (χ4v) is 3.95. The van der Waals surface area contributed by atoms with E-state index in [0.717, 1.165) is 32.3 Å². The summed E-state index contributed by atoms with van der Waals surface area (Å²) in [5, 5.41) is 5.42. The summed E-state index contributed by atoms with van der Waals surface area (Å²) in [6, 6.07) is 4.44. The van der Waals surface area contributed by atoms with Crippen LogP contribution in [0.15, 0.2) is 18.2 Å². The van der Waals surface area contributed by atoms with E-state index in [-0.39, 0.29) is 29.4 Å². The quantitative estimate of drug-likeness (QED) is 0.539. The number of carbonyl (C=O) groups is 2. The monoisotopic (exact) mass is 426 g/mol. The molecule has 0 spiro atoms. The van der Waals surface area contributed by atoms with Crippen LogP contribution in [-0.2, 0) is 19.6 Å². The molecule has 162 valence electrons.